The van der Waals surface area contributed by atoms with Gasteiger partial charge in [0.25, 0.3) is 0 Å². The summed E-state index contributed by atoms with van der Waals surface area (Å²) in [6, 6.07) is 10.7. The Balaban J connectivity index is 2.01. The predicted molar refractivity (Wildman–Crippen MR) is 92.9 cm³/mol. The van der Waals surface area contributed by atoms with Crippen LogP contribution in [0.15, 0.2) is 36.4 Å². The summed E-state index contributed by atoms with van der Waals surface area (Å²) >= 11 is 6.06. The van der Waals surface area contributed by atoms with Gasteiger partial charge in [-0.05, 0) is 36.8 Å². The smallest absolute Gasteiger partial charge is 0.243 e. The zero-order chi connectivity index (χ0) is 16.8. The normalized spacial score (nSPS) is 10.1. The molecule has 0 spiro atoms. The second-order valence-corrected chi connectivity index (χ2v) is 5.29. The molecule has 0 aliphatic rings. The number of hydrogen-bond donors (Lipinski definition) is 2. The summed E-state index contributed by atoms with van der Waals surface area (Å²) in [5.74, 6) is 1.01. The van der Waals surface area contributed by atoms with Crippen molar-refractivity contribution in [3.63, 3.8) is 0 Å². The van der Waals surface area contributed by atoms with Crippen molar-refractivity contribution in [3.8, 4) is 11.5 Å². The molecule has 2 rings (SSSR count). The maximum Gasteiger partial charge on any atom is 0.243 e. The van der Waals surface area contributed by atoms with Gasteiger partial charge in [0.2, 0.25) is 5.91 Å². The van der Waals surface area contributed by atoms with Gasteiger partial charge < -0.3 is 20.1 Å². The molecular weight excluding hydrogens is 316 g/mol. The Kier molecular flexibility index (Phi) is 5.71. The van der Waals surface area contributed by atoms with Gasteiger partial charge >= 0.3 is 0 Å². The monoisotopic (exact) mass is 334 g/mol. The van der Waals surface area contributed by atoms with Gasteiger partial charge in [-0.3, -0.25) is 4.79 Å². The van der Waals surface area contributed by atoms with E-state index in [9.17, 15) is 4.79 Å². The standard InChI is InChI=1S/C17H19ClN2O3/c1-11-13(18)5-4-6-14(11)19-10-17(21)20-15-8-7-12(22-2)9-16(15)23-3/h4-9,19H,10H2,1-3H3,(H,20,21). The van der Waals surface area contributed by atoms with Crippen molar-refractivity contribution in [2.75, 3.05) is 31.4 Å². The Bertz CT molecular complexity index is 704. The minimum Gasteiger partial charge on any atom is -0.497 e. The van der Waals surface area contributed by atoms with Crippen LogP contribution in [-0.2, 0) is 4.79 Å². The van der Waals surface area contributed by atoms with Crippen LogP contribution >= 0.6 is 11.6 Å². The van der Waals surface area contributed by atoms with Gasteiger partial charge in [0.05, 0.1) is 26.5 Å². The third kappa shape index (κ3) is 4.29. The molecule has 0 fully saturated rings. The fourth-order valence-corrected chi connectivity index (χ4v) is 2.25. The van der Waals surface area contributed by atoms with Crippen LogP contribution in [0.25, 0.3) is 0 Å². The van der Waals surface area contributed by atoms with E-state index in [1.165, 1.54) is 7.11 Å². The zero-order valence-electron chi connectivity index (χ0n) is 13.3. The number of carbonyl (C=O) groups excluding carboxylic acids is 1. The summed E-state index contributed by atoms with van der Waals surface area (Å²) in [6.45, 7) is 2.02. The van der Waals surface area contributed by atoms with Crippen molar-refractivity contribution in [3.05, 3.63) is 47.0 Å². The van der Waals surface area contributed by atoms with Crippen molar-refractivity contribution in [1.29, 1.82) is 0 Å². The SMILES string of the molecule is COc1ccc(NC(=O)CNc2cccc(Cl)c2C)c(OC)c1. The van der Waals surface area contributed by atoms with Gasteiger partial charge in [-0.25, -0.2) is 0 Å². The Labute approximate surface area is 140 Å². The maximum absolute atomic E-state index is 12.1. The van der Waals surface area contributed by atoms with E-state index < -0.39 is 0 Å². The maximum atomic E-state index is 12.1. The Morgan fingerprint density at radius 2 is 1.91 bits per heavy atom. The highest BCUT2D eigenvalue weighted by molar-refractivity contribution is 6.31. The predicted octanol–water partition coefficient (Wildman–Crippen LogP) is 3.72. The largest absolute Gasteiger partial charge is 0.497 e. The molecule has 0 atom stereocenters. The third-order valence-corrected chi connectivity index (χ3v) is 3.80. The molecular formula is C17H19ClN2O3. The van der Waals surface area contributed by atoms with Gasteiger partial charge in [0.15, 0.2) is 0 Å². The highest BCUT2D eigenvalue weighted by atomic mass is 35.5. The number of benzene rings is 2. The molecule has 2 aromatic carbocycles. The summed E-state index contributed by atoms with van der Waals surface area (Å²) in [4.78, 5) is 12.1. The first kappa shape index (κ1) is 17.0. The average Bonchev–Trinajstić information content (AvgIpc) is 2.56. The highest BCUT2D eigenvalue weighted by Gasteiger charge is 2.09. The van der Waals surface area contributed by atoms with Gasteiger partial charge in [0.1, 0.15) is 11.5 Å². The van der Waals surface area contributed by atoms with E-state index in [4.69, 9.17) is 21.1 Å². The molecule has 2 aromatic rings. The number of methoxy groups -OCH3 is 2. The molecule has 0 saturated heterocycles. The summed E-state index contributed by atoms with van der Waals surface area (Å²) in [5, 5.41) is 6.53. The number of halogens is 1. The number of carbonyl (C=O) groups is 1. The first-order chi connectivity index (χ1) is 11.0. The Morgan fingerprint density at radius 3 is 2.61 bits per heavy atom. The highest BCUT2D eigenvalue weighted by Crippen LogP contribution is 2.29. The summed E-state index contributed by atoms with van der Waals surface area (Å²) in [6.07, 6.45) is 0. The van der Waals surface area contributed by atoms with Crippen LogP contribution in [0.3, 0.4) is 0 Å². The molecule has 0 radical (unpaired) electrons. The molecule has 2 N–H and O–H groups in total. The minimum atomic E-state index is -0.187. The Hall–Kier alpha value is -2.40. The van der Waals surface area contributed by atoms with E-state index in [2.05, 4.69) is 10.6 Å². The molecule has 0 aliphatic heterocycles. The molecule has 0 aromatic heterocycles. The van der Waals surface area contributed by atoms with Crippen LogP contribution in [0.2, 0.25) is 5.02 Å². The number of ether oxygens (including phenoxy) is 2. The first-order valence-electron chi connectivity index (χ1n) is 7.06. The zero-order valence-corrected chi connectivity index (χ0v) is 14.0. The fraction of sp³-hybridized carbons (Fsp3) is 0.235. The quantitative estimate of drug-likeness (QED) is 0.845. The summed E-state index contributed by atoms with van der Waals surface area (Å²) < 4.78 is 10.4. The van der Waals surface area contributed by atoms with E-state index >= 15 is 0 Å². The van der Waals surface area contributed by atoms with Crippen LogP contribution in [0.1, 0.15) is 5.56 Å². The second-order valence-electron chi connectivity index (χ2n) is 4.88. The molecule has 0 heterocycles. The second kappa shape index (κ2) is 7.74. The molecule has 1 amide bonds. The van der Waals surface area contributed by atoms with Crippen LogP contribution in [0.5, 0.6) is 11.5 Å². The summed E-state index contributed by atoms with van der Waals surface area (Å²) in [5.41, 5.74) is 2.32. The van der Waals surface area contributed by atoms with E-state index in [-0.39, 0.29) is 12.5 Å². The third-order valence-electron chi connectivity index (χ3n) is 3.39. The lowest BCUT2D eigenvalue weighted by Crippen LogP contribution is -2.22. The van der Waals surface area contributed by atoms with Gasteiger partial charge in [-0.2, -0.15) is 0 Å². The first-order valence-corrected chi connectivity index (χ1v) is 7.43. The molecule has 0 bridgehead atoms. The molecule has 0 aliphatic carbocycles. The molecule has 6 heteroatoms. The van der Waals surface area contributed by atoms with Crippen LogP contribution in [0, 0.1) is 6.92 Å². The molecule has 23 heavy (non-hydrogen) atoms. The van der Waals surface area contributed by atoms with E-state index in [1.807, 2.05) is 25.1 Å². The minimum absolute atomic E-state index is 0.121. The van der Waals surface area contributed by atoms with E-state index in [0.29, 0.717) is 22.2 Å². The molecule has 0 saturated carbocycles. The molecule has 122 valence electrons. The van der Waals surface area contributed by atoms with Crippen molar-refractivity contribution in [2.45, 2.75) is 6.92 Å². The number of rotatable bonds is 6. The van der Waals surface area contributed by atoms with Crippen molar-refractivity contribution in [2.24, 2.45) is 0 Å². The van der Waals surface area contributed by atoms with Gasteiger partial charge in [-0.1, -0.05) is 17.7 Å². The van der Waals surface area contributed by atoms with Crippen molar-refractivity contribution in [1.82, 2.24) is 0 Å². The number of anilines is 2. The lowest BCUT2D eigenvalue weighted by Gasteiger charge is -2.13. The van der Waals surface area contributed by atoms with Gasteiger partial charge in [0, 0.05) is 16.8 Å². The lowest BCUT2D eigenvalue weighted by atomic mass is 10.2. The average molecular weight is 335 g/mol. The lowest BCUT2D eigenvalue weighted by molar-refractivity contribution is -0.114. The van der Waals surface area contributed by atoms with E-state index in [1.54, 1.807) is 25.3 Å². The number of hydrogen-bond acceptors (Lipinski definition) is 4. The fourth-order valence-electron chi connectivity index (χ4n) is 2.07. The Morgan fingerprint density at radius 1 is 1.13 bits per heavy atom. The van der Waals surface area contributed by atoms with Crippen LogP contribution < -0.4 is 20.1 Å². The van der Waals surface area contributed by atoms with Gasteiger partial charge in [-0.15, -0.1) is 0 Å². The molecule has 5 nitrogen and oxygen atoms in total. The number of amides is 1. The topological polar surface area (TPSA) is 59.6 Å². The molecule has 0 unspecified atom stereocenters. The van der Waals surface area contributed by atoms with Crippen LogP contribution in [0.4, 0.5) is 11.4 Å². The van der Waals surface area contributed by atoms with E-state index in [0.717, 1.165) is 11.3 Å². The van der Waals surface area contributed by atoms with Crippen molar-refractivity contribution < 1.29 is 14.3 Å². The van der Waals surface area contributed by atoms with Crippen molar-refractivity contribution >= 4 is 28.9 Å². The van der Waals surface area contributed by atoms with Crippen LogP contribution in [-0.4, -0.2) is 26.7 Å². The number of nitrogens with one attached hydrogen (secondary N) is 2. The summed E-state index contributed by atoms with van der Waals surface area (Å²) in [7, 11) is 3.11.